The predicted octanol–water partition coefficient (Wildman–Crippen LogP) is 3.96. The summed E-state index contributed by atoms with van der Waals surface area (Å²) < 4.78 is 5.93. The lowest BCUT2D eigenvalue weighted by atomic mass is 10.1. The van der Waals surface area contributed by atoms with Gasteiger partial charge in [-0.05, 0) is 24.6 Å². The Morgan fingerprint density at radius 1 is 1.05 bits per heavy atom. The first-order valence-electron chi connectivity index (χ1n) is 6.60. The molecule has 1 N–H and O–H groups in total. The average molecular weight is 264 g/mol. The van der Waals surface area contributed by atoms with E-state index in [1.807, 2.05) is 30.5 Å². The van der Waals surface area contributed by atoms with Crippen LogP contribution in [-0.4, -0.2) is 9.97 Å². The van der Waals surface area contributed by atoms with Gasteiger partial charge < -0.3 is 9.72 Å². The Morgan fingerprint density at radius 3 is 2.60 bits per heavy atom. The second kappa shape index (κ2) is 5.61. The summed E-state index contributed by atoms with van der Waals surface area (Å²) in [6.45, 7) is 2.63. The molecule has 3 aromatic rings. The zero-order valence-corrected chi connectivity index (χ0v) is 11.3. The summed E-state index contributed by atoms with van der Waals surface area (Å²) >= 11 is 0. The first-order valence-corrected chi connectivity index (χ1v) is 6.60. The predicted molar refractivity (Wildman–Crippen MR) is 79.5 cm³/mol. The highest BCUT2D eigenvalue weighted by atomic mass is 16.5. The number of hydrogen-bond donors (Lipinski definition) is 1. The SMILES string of the molecule is Cc1ccc(COc2ccccc2-c2ncc[nH]2)cc1. The zero-order valence-electron chi connectivity index (χ0n) is 11.3. The number of ether oxygens (including phenoxy) is 1. The maximum absolute atomic E-state index is 5.93. The summed E-state index contributed by atoms with van der Waals surface area (Å²) in [5, 5.41) is 0. The monoisotopic (exact) mass is 264 g/mol. The van der Waals surface area contributed by atoms with Gasteiger partial charge in [0.1, 0.15) is 18.2 Å². The summed E-state index contributed by atoms with van der Waals surface area (Å²) in [5.74, 6) is 1.66. The van der Waals surface area contributed by atoms with E-state index in [2.05, 4.69) is 41.2 Å². The van der Waals surface area contributed by atoms with Crippen LogP contribution >= 0.6 is 0 Å². The lowest BCUT2D eigenvalue weighted by molar-refractivity contribution is 0.307. The molecule has 0 amide bonds. The number of hydrogen-bond acceptors (Lipinski definition) is 2. The first-order chi connectivity index (χ1) is 9.83. The summed E-state index contributed by atoms with van der Waals surface area (Å²) in [5.41, 5.74) is 3.39. The number of rotatable bonds is 4. The van der Waals surface area contributed by atoms with Crippen LogP contribution in [0.1, 0.15) is 11.1 Å². The van der Waals surface area contributed by atoms with Gasteiger partial charge in [0.15, 0.2) is 0 Å². The molecule has 1 heterocycles. The standard InChI is InChI=1S/C17H16N2O/c1-13-6-8-14(9-7-13)12-20-16-5-3-2-4-15(16)17-18-10-11-19-17/h2-11H,12H2,1H3,(H,18,19). The largest absolute Gasteiger partial charge is 0.488 e. The fourth-order valence-electron chi connectivity index (χ4n) is 2.05. The Hall–Kier alpha value is -2.55. The van der Waals surface area contributed by atoms with Crippen LogP contribution in [0.25, 0.3) is 11.4 Å². The van der Waals surface area contributed by atoms with Crippen LogP contribution in [-0.2, 0) is 6.61 Å². The van der Waals surface area contributed by atoms with Gasteiger partial charge in [-0.3, -0.25) is 0 Å². The molecule has 3 rings (SSSR count). The van der Waals surface area contributed by atoms with E-state index in [9.17, 15) is 0 Å². The van der Waals surface area contributed by atoms with E-state index in [1.54, 1.807) is 6.20 Å². The van der Waals surface area contributed by atoms with E-state index in [-0.39, 0.29) is 0 Å². The molecule has 0 bridgehead atoms. The van der Waals surface area contributed by atoms with Crippen molar-refractivity contribution in [2.75, 3.05) is 0 Å². The van der Waals surface area contributed by atoms with Crippen molar-refractivity contribution >= 4 is 0 Å². The molecule has 0 unspecified atom stereocenters. The van der Waals surface area contributed by atoms with Crippen LogP contribution in [0, 0.1) is 6.92 Å². The molecule has 0 spiro atoms. The van der Waals surface area contributed by atoms with Crippen LogP contribution in [0.15, 0.2) is 60.9 Å². The summed E-state index contributed by atoms with van der Waals surface area (Å²) in [6, 6.07) is 16.3. The van der Waals surface area contributed by atoms with E-state index in [1.165, 1.54) is 5.56 Å². The van der Waals surface area contributed by atoms with Crippen molar-refractivity contribution < 1.29 is 4.74 Å². The number of H-pyrrole nitrogens is 1. The molecule has 2 aromatic carbocycles. The molecule has 3 nitrogen and oxygen atoms in total. The fourth-order valence-corrected chi connectivity index (χ4v) is 2.05. The molecule has 0 atom stereocenters. The van der Waals surface area contributed by atoms with Crippen molar-refractivity contribution in [2.45, 2.75) is 13.5 Å². The van der Waals surface area contributed by atoms with Crippen molar-refractivity contribution in [3.63, 3.8) is 0 Å². The molecule has 0 aliphatic heterocycles. The van der Waals surface area contributed by atoms with E-state index in [0.29, 0.717) is 6.61 Å². The van der Waals surface area contributed by atoms with Gasteiger partial charge in [-0.15, -0.1) is 0 Å². The molecule has 0 saturated carbocycles. The number of para-hydroxylation sites is 1. The van der Waals surface area contributed by atoms with Gasteiger partial charge in [0.25, 0.3) is 0 Å². The summed E-state index contributed by atoms with van der Waals surface area (Å²) in [7, 11) is 0. The van der Waals surface area contributed by atoms with Gasteiger partial charge in [0.2, 0.25) is 0 Å². The molecule has 0 saturated heterocycles. The number of nitrogens with zero attached hydrogens (tertiary/aromatic N) is 1. The van der Waals surface area contributed by atoms with Crippen molar-refractivity contribution in [2.24, 2.45) is 0 Å². The van der Waals surface area contributed by atoms with Gasteiger partial charge in [-0.25, -0.2) is 4.98 Å². The minimum absolute atomic E-state index is 0.554. The Kier molecular flexibility index (Phi) is 3.50. The molecular weight excluding hydrogens is 248 g/mol. The second-order valence-corrected chi connectivity index (χ2v) is 4.71. The fraction of sp³-hybridized carbons (Fsp3) is 0.118. The Balaban J connectivity index is 1.79. The van der Waals surface area contributed by atoms with Gasteiger partial charge in [0, 0.05) is 12.4 Å². The Labute approximate surface area is 118 Å². The topological polar surface area (TPSA) is 37.9 Å². The number of imidazole rings is 1. The van der Waals surface area contributed by atoms with Gasteiger partial charge >= 0.3 is 0 Å². The van der Waals surface area contributed by atoms with Crippen molar-refractivity contribution in [1.82, 2.24) is 9.97 Å². The van der Waals surface area contributed by atoms with E-state index in [0.717, 1.165) is 22.7 Å². The third-order valence-electron chi connectivity index (χ3n) is 3.16. The second-order valence-electron chi connectivity index (χ2n) is 4.71. The molecule has 0 radical (unpaired) electrons. The smallest absolute Gasteiger partial charge is 0.141 e. The Bertz CT molecular complexity index is 672. The summed E-state index contributed by atoms with van der Waals surface area (Å²) in [4.78, 5) is 7.39. The molecule has 100 valence electrons. The van der Waals surface area contributed by atoms with Gasteiger partial charge in [0.05, 0.1) is 5.56 Å². The number of aromatic amines is 1. The lowest BCUT2D eigenvalue weighted by Gasteiger charge is -2.10. The number of benzene rings is 2. The Morgan fingerprint density at radius 2 is 1.85 bits per heavy atom. The van der Waals surface area contributed by atoms with Gasteiger partial charge in [-0.2, -0.15) is 0 Å². The minimum Gasteiger partial charge on any atom is -0.488 e. The maximum atomic E-state index is 5.93. The first kappa shape index (κ1) is 12.5. The van der Waals surface area contributed by atoms with E-state index < -0.39 is 0 Å². The molecule has 0 aliphatic rings. The molecule has 0 fully saturated rings. The maximum Gasteiger partial charge on any atom is 0.141 e. The van der Waals surface area contributed by atoms with Crippen LogP contribution in [0.4, 0.5) is 0 Å². The summed E-state index contributed by atoms with van der Waals surface area (Å²) in [6.07, 6.45) is 3.55. The quantitative estimate of drug-likeness (QED) is 0.774. The molecule has 3 heteroatoms. The molecule has 0 aliphatic carbocycles. The lowest BCUT2D eigenvalue weighted by Crippen LogP contribution is -1.97. The molecule has 1 aromatic heterocycles. The molecule has 20 heavy (non-hydrogen) atoms. The highest BCUT2D eigenvalue weighted by Crippen LogP contribution is 2.27. The van der Waals surface area contributed by atoms with E-state index >= 15 is 0 Å². The number of nitrogens with one attached hydrogen (secondary N) is 1. The van der Waals surface area contributed by atoms with Crippen molar-refractivity contribution in [3.8, 4) is 17.1 Å². The third-order valence-corrected chi connectivity index (χ3v) is 3.16. The number of aryl methyl sites for hydroxylation is 1. The zero-order chi connectivity index (χ0) is 13.8. The highest BCUT2D eigenvalue weighted by molar-refractivity contribution is 5.63. The van der Waals surface area contributed by atoms with Gasteiger partial charge in [-0.1, -0.05) is 42.0 Å². The minimum atomic E-state index is 0.554. The van der Waals surface area contributed by atoms with Crippen molar-refractivity contribution in [3.05, 3.63) is 72.1 Å². The highest BCUT2D eigenvalue weighted by Gasteiger charge is 2.07. The van der Waals surface area contributed by atoms with Crippen LogP contribution < -0.4 is 4.74 Å². The third kappa shape index (κ3) is 2.72. The normalized spacial score (nSPS) is 10.4. The van der Waals surface area contributed by atoms with Crippen LogP contribution in [0.2, 0.25) is 0 Å². The van der Waals surface area contributed by atoms with Crippen molar-refractivity contribution in [1.29, 1.82) is 0 Å². The average Bonchev–Trinajstić information content (AvgIpc) is 3.01. The molecular formula is C17H16N2O. The van der Waals surface area contributed by atoms with Crippen LogP contribution in [0.5, 0.6) is 5.75 Å². The van der Waals surface area contributed by atoms with E-state index in [4.69, 9.17) is 4.74 Å². The number of aromatic nitrogens is 2. The van der Waals surface area contributed by atoms with Crippen LogP contribution in [0.3, 0.4) is 0 Å².